The molecule has 0 saturated heterocycles. The van der Waals surface area contributed by atoms with Gasteiger partial charge in [-0.15, -0.1) is 0 Å². The number of hydrogen-bond acceptors (Lipinski definition) is 2. The number of carbonyl (C=O) groups is 1. The van der Waals surface area contributed by atoms with E-state index >= 15 is 0 Å². The van der Waals surface area contributed by atoms with E-state index in [-0.39, 0.29) is 11.9 Å². The fourth-order valence-electron chi connectivity index (χ4n) is 1.38. The van der Waals surface area contributed by atoms with Crippen molar-refractivity contribution >= 4 is 17.5 Å². The van der Waals surface area contributed by atoms with E-state index in [9.17, 15) is 4.79 Å². The van der Waals surface area contributed by atoms with Gasteiger partial charge in [0.1, 0.15) is 5.75 Å². The topological polar surface area (TPSA) is 38.3 Å². The average molecular weight is 256 g/mol. The smallest absolute Gasteiger partial charge is 0.261 e. The lowest BCUT2D eigenvalue weighted by atomic mass is 10.2. The molecule has 17 heavy (non-hydrogen) atoms. The van der Waals surface area contributed by atoms with Crippen molar-refractivity contribution in [1.82, 2.24) is 5.32 Å². The highest BCUT2D eigenvalue weighted by Crippen LogP contribution is 2.17. The van der Waals surface area contributed by atoms with E-state index in [4.69, 9.17) is 16.3 Å². The summed E-state index contributed by atoms with van der Waals surface area (Å²) in [5, 5.41) is 3.49. The SMILES string of the molecule is CCC(Oc1ccc(Cl)cc1)C(=O)NC(C)C. The molecule has 0 bridgehead atoms. The van der Waals surface area contributed by atoms with Gasteiger partial charge >= 0.3 is 0 Å². The predicted molar refractivity (Wildman–Crippen MR) is 69.4 cm³/mol. The van der Waals surface area contributed by atoms with Crippen LogP contribution in [-0.2, 0) is 4.79 Å². The molecule has 1 aromatic rings. The van der Waals surface area contributed by atoms with Gasteiger partial charge in [0.2, 0.25) is 0 Å². The highest BCUT2D eigenvalue weighted by molar-refractivity contribution is 6.30. The van der Waals surface area contributed by atoms with Crippen LogP contribution in [0.25, 0.3) is 0 Å². The van der Waals surface area contributed by atoms with E-state index in [1.165, 1.54) is 0 Å². The molecule has 0 aliphatic heterocycles. The van der Waals surface area contributed by atoms with Gasteiger partial charge in [0, 0.05) is 11.1 Å². The number of rotatable bonds is 5. The summed E-state index contributed by atoms with van der Waals surface area (Å²) in [5.74, 6) is 0.567. The van der Waals surface area contributed by atoms with Gasteiger partial charge in [0.25, 0.3) is 5.91 Å². The second-order valence-corrected chi connectivity index (χ2v) is 4.57. The maximum atomic E-state index is 11.8. The Balaban J connectivity index is 2.63. The summed E-state index contributed by atoms with van der Waals surface area (Å²) in [4.78, 5) is 11.8. The van der Waals surface area contributed by atoms with Crippen molar-refractivity contribution < 1.29 is 9.53 Å². The molecule has 0 aliphatic carbocycles. The molecule has 0 spiro atoms. The third-order valence-electron chi connectivity index (χ3n) is 2.19. The second kappa shape index (κ2) is 6.50. The van der Waals surface area contributed by atoms with Gasteiger partial charge in [0.05, 0.1) is 0 Å². The summed E-state index contributed by atoms with van der Waals surface area (Å²) in [6.07, 6.45) is 0.167. The Labute approximate surface area is 107 Å². The Morgan fingerprint density at radius 2 is 1.94 bits per heavy atom. The minimum Gasteiger partial charge on any atom is -0.481 e. The number of halogens is 1. The predicted octanol–water partition coefficient (Wildman–Crippen LogP) is 3.02. The van der Waals surface area contributed by atoms with Gasteiger partial charge in [-0.2, -0.15) is 0 Å². The van der Waals surface area contributed by atoms with Crippen LogP contribution in [0.5, 0.6) is 5.75 Å². The highest BCUT2D eigenvalue weighted by Gasteiger charge is 2.18. The van der Waals surface area contributed by atoms with Crippen LogP contribution >= 0.6 is 11.6 Å². The molecule has 0 aromatic heterocycles. The van der Waals surface area contributed by atoms with Crippen molar-refractivity contribution in [2.24, 2.45) is 0 Å². The fraction of sp³-hybridized carbons (Fsp3) is 0.462. The molecule has 1 aromatic carbocycles. The second-order valence-electron chi connectivity index (χ2n) is 4.13. The first-order valence-electron chi connectivity index (χ1n) is 5.75. The van der Waals surface area contributed by atoms with Crippen LogP contribution in [0.3, 0.4) is 0 Å². The Kier molecular flexibility index (Phi) is 5.29. The van der Waals surface area contributed by atoms with Crippen LogP contribution in [0.2, 0.25) is 5.02 Å². The van der Waals surface area contributed by atoms with E-state index < -0.39 is 6.10 Å². The first-order chi connectivity index (χ1) is 8.02. The lowest BCUT2D eigenvalue weighted by molar-refractivity contribution is -0.128. The standard InChI is InChI=1S/C13H18ClNO2/c1-4-12(13(16)15-9(2)3)17-11-7-5-10(14)6-8-11/h5-9,12H,4H2,1-3H3,(H,15,16). The molecule has 0 aliphatic rings. The van der Waals surface area contributed by atoms with Crippen LogP contribution in [0.1, 0.15) is 27.2 Å². The molecular formula is C13H18ClNO2. The Hall–Kier alpha value is -1.22. The zero-order chi connectivity index (χ0) is 12.8. The maximum Gasteiger partial charge on any atom is 0.261 e. The number of hydrogen-bond donors (Lipinski definition) is 1. The monoisotopic (exact) mass is 255 g/mol. The molecule has 1 N–H and O–H groups in total. The summed E-state index contributed by atoms with van der Waals surface area (Å²) in [5.41, 5.74) is 0. The number of ether oxygens (including phenoxy) is 1. The van der Waals surface area contributed by atoms with Crippen molar-refractivity contribution in [3.8, 4) is 5.75 Å². The van der Waals surface area contributed by atoms with Crippen LogP contribution in [0.15, 0.2) is 24.3 Å². The van der Waals surface area contributed by atoms with Gasteiger partial charge in [-0.3, -0.25) is 4.79 Å². The molecule has 0 radical (unpaired) electrons. The minimum atomic E-state index is -0.460. The number of carbonyl (C=O) groups excluding carboxylic acids is 1. The van der Waals surface area contributed by atoms with Gasteiger partial charge < -0.3 is 10.1 Å². The Morgan fingerprint density at radius 1 is 1.35 bits per heavy atom. The first-order valence-corrected chi connectivity index (χ1v) is 6.13. The summed E-state index contributed by atoms with van der Waals surface area (Å²) in [7, 11) is 0. The molecule has 1 amide bonds. The minimum absolute atomic E-state index is 0.0857. The summed E-state index contributed by atoms with van der Waals surface area (Å²) < 4.78 is 5.61. The summed E-state index contributed by atoms with van der Waals surface area (Å²) in [6, 6.07) is 7.11. The van der Waals surface area contributed by atoms with Crippen molar-refractivity contribution in [2.75, 3.05) is 0 Å². The summed E-state index contributed by atoms with van der Waals surface area (Å²) in [6.45, 7) is 5.76. The van der Waals surface area contributed by atoms with E-state index in [1.807, 2.05) is 20.8 Å². The van der Waals surface area contributed by atoms with Crippen LogP contribution in [0, 0.1) is 0 Å². The maximum absolute atomic E-state index is 11.8. The molecule has 1 rings (SSSR count). The first kappa shape index (κ1) is 13.8. The van der Waals surface area contributed by atoms with Crippen LogP contribution < -0.4 is 10.1 Å². The average Bonchev–Trinajstić information content (AvgIpc) is 2.27. The van der Waals surface area contributed by atoms with Crippen molar-refractivity contribution in [3.05, 3.63) is 29.3 Å². The Bertz CT molecular complexity index is 362. The summed E-state index contributed by atoms with van der Waals surface area (Å²) >= 11 is 5.78. The van der Waals surface area contributed by atoms with Crippen LogP contribution in [0.4, 0.5) is 0 Å². The zero-order valence-electron chi connectivity index (χ0n) is 10.4. The lowest BCUT2D eigenvalue weighted by Gasteiger charge is -2.18. The molecule has 94 valence electrons. The van der Waals surface area contributed by atoms with Gasteiger partial charge in [0.15, 0.2) is 6.10 Å². The third kappa shape index (κ3) is 4.65. The molecule has 0 saturated carbocycles. The Morgan fingerprint density at radius 3 is 2.41 bits per heavy atom. The van der Waals surface area contributed by atoms with Crippen LogP contribution in [-0.4, -0.2) is 18.1 Å². The highest BCUT2D eigenvalue weighted by atomic mass is 35.5. The van der Waals surface area contributed by atoms with Crippen molar-refractivity contribution in [1.29, 1.82) is 0 Å². The number of benzene rings is 1. The van der Waals surface area contributed by atoms with E-state index in [0.29, 0.717) is 17.2 Å². The fourth-order valence-corrected chi connectivity index (χ4v) is 1.50. The van der Waals surface area contributed by atoms with Gasteiger partial charge in [-0.1, -0.05) is 18.5 Å². The molecule has 3 nitrogen and oxygen atoms in total. The van der Waals surface area contributed by atoms with Crippen molar-refractivity contribution in [2.45, 2.75) is 39.3 Å². The van der Waals surface area contributed by atoms with Gasteiger partial charge in [-0.25, -0.2) is 0 Å². The molecule has 1 unspecified atom stereocenters. The van der Waals surface area contributed by atoms with E-state index in [2.05, 4.69) is 5.32 Å². The number of nitrogens with one attached hydrogen (secondary N) is 1. The number of amides is 1. The quantitative estimate of drug-likeness (QED) is 0.878. The van der Waals surface area contributed by atoms with E-state index in [0.717, 1.165) is 0 Å². The largest absolute Gasteiger partial charge is 0.481 e. The zero-order valence-corrected chi connectivity index (χ0v) is 11.1. The normalized spacial score (nSPS) is 12.3. The van der Waals surface area contributed by atoms with Crippen molar-refractivity contribution in [3.63, 3.8) is 0 Å². The van der Waals surface area contributed by atoms with Gasteiger partial charge in [-0.05, 0) is 44.5 Å². The molecule has 4 heteroatoms. The molecule has 0 fully saturated rings. The molecule has 0 heterocycles. The molecular weight excluding hydrogens is 238 g/mol. The third-order valence-corrected chi connectivity index (χ3v) is 2.44. The van der Waals surface area contributed by atoms with E-state index in [1.54, 1.807) is 24.3 Å². The molecule has 1 atom stereocenters. The lowest BCUT2D eigenvalue weighted by Crippen LogP contribution is -2.41.